The van der Waals surface area contributed by atoms with Crippen LogP contribution in [0.2, 0.25) is 0 Å². The Balaban J connectivity index is 1.78. The molecule has 1 aromatic heterocycles. The summed E-state index contributed by atoms with van der Waals surface area (Å²) in [7, 11) is 0. The monoisotopic (exact) mass is 367 g/mol. The number of anilines is 2. The highest BCUT2D eigenvalue weighted by molar-refractivity contribution is 5.89. The Morgan fingerprint density at radius 2 is 1.85 bits per heavy atom. The zero-order valence-corrected chi connectivity index (χ0v) is 14.8. The maximum absolute atomic E-state index is 13.5. The van der Waals surface area contributed by atoms with Gasteiger partial charge in [-0.1, -0.05) is 12.1 Å². The van der Waals surface area contributed by atoms with Gasteiger partial charge in [0.2, 0.25) is 5.85 Å². The lowest BCUT2D eigenvalue weighted by Gasteiger charge is -2.17. The number of alkyl halides is 1. The van der Waals surface area contributed by atoms with E-state index in [9.17, 15) is 9.18 Å². The minimum atomic E-state index is -1.75. The van der Waals surface area contributed by atoms with Gasteiger partial charge in [0, 0.05) is 31.2 Å². The van der Waals surface area contributed by atoms with Crippen LogP contribution in [-0.2, 0) is 0 Å². The number of benzene rings is 2. The first kappa shape index (κ1) is 18.3. The standard InChI is InChI=1S/C20H18FN3O3/c1-20(2,21)27-16-8-6-15(7-9-16)24-18-11-17(22-12-23-18)13-4-3-5-14(10-13)19(25)26/h3-12H,1-2H3,(H,25,26)(H,22,23,24). The van der Waals surface area contributed by atoms with Crippen LogP contribution in [0.1, 0.15) is 24.2 Å². The Morgan fingerprint density at radius 1 is 1.11 bits per heavy atom. The van der Waals surface area contributed by atoms with Crippen molar-refractivity contribution in [1.29, 1.82) is 0 Å². The quantitative estimate of drug-likeness (QED) is 0.659. The van der Waals surface area contributed by atoms with E-state index in [0.29, 0.717) is 22.8 Å². The summed E-state index contributed by atoms with van der Waals surface area (Å²) >= 11 is 0. The first-order chi connectivity index (χ1) is 12.8. The van der Waals surface area contributed by atoms with Crippen molar-refractivity contribution in [2.45, 2.75) is 19.7 Å². The molecule has 27 heavy (non-hydrogen) atoms. The summed E-state index contributed by atoms with van der Waals surface area (Å²) in [6.45, 7) is 2.67. The predicted molar refractivity (Wildman–Crippen MR) is 100.0 cm³/mol. The second-order valence-corrected chi connectivity index (χ2v) is 6.29. The molecule has 0 aliphatic heterocycles. The number of halogens is 1. The summed E-state index contributed by atoms with van der Waals surface area (Å²) in [5.74, 6) is -1.79. The molecule has 0 atom stereocenters. The summed E-state index contributed by atoms with van der Waals surface area (Å²) in [5.41, 5.74) is 2.19. The van der Waals surface area contributed by atoms with Gasteiger partial charge < -0.3 is 15.2 Å². The van der Waals surface area contributed by atoms with E-state index in [1.54, 1.807) is 48.5 Å². The fourth-order valence-electron chi connectivity index (χ4n) is 2.43. The molecule has 0 saturated carbocycles. The van der Waals surface area contributed by atoms with Crippen LogP contribution in [0.5, 0.6) is 5.75 Å². The second kappa shape index (κ2) is 7.41. The molecule has 3 rings (SSSR count). The van der Waals surface area contributed by atoms with Crippen molar-refractivity contribution in [3.63, 3.8) is 0 Å². The number of carboxylic acid groups (broad SMARTS) is 1. The Hall–Kier alpha value is -3.48. The van der Waals surface area contributed by atoms with Gasteiger partial charge in [-0.25, -0.2) is 14.8 Å². The zero-order valence-electron chi connectivity index (χ0n) is 14.8. The number of hydrogen-bond acceptors (Lipinski definition) is 5. The van der Waals surface area contributed by atoms with E-state index >= 15 is 0 Å². The van der Waals surface area contributed by atoms with Crippen molar-refractivity contribution in [1.82, 2.24) is 9.97 Å². The van der Waals surface area contributed by atoms with E-state index in [-0.39, 0.29) is 5.56 Å². The Morgan fingerprint density at radius 3 is 2.52 bits per heavy atom. The van der Waals surface area contributed by atoms with Crippen LogP contribution in [0.25, 0.3) is 11.3 Å². The molecule has 0 fully saturated rings. The maximum Gasteiger partial charge on any atom is 0.335 e. The summed E-state index contributed by atoms with van der Waals surface area (Å²) in [6, 6.07) is 15.0. The van der Waals surface area contributed by atoms with Gasteiger partial charge in [-0.3, -0.25) is 0 Å². The third kappa shape index (κ3) is 5.01. The minimum absolute atomic E-state index is 0.187. The molecule has 0 unspecified atom stereocenters. The van der Waals surface area contributed by atoms with Crippen LogP contribution < -0.4 is 10.1 Å². The fourth-order valence-corrected chi connectivity index (χ4v) is 2.43. The normalized spacial score (nSPS) is 11.1. The van der Waals surface area contributed by atoms with Crippen LogP contribution in [0, 0.1) is 0 Å². The molecule has 0 bridgehead atoms. The first-order valence-corrected chi connectivity index (χ1v) is 8.21. The molecule has 0 aliphatic carbocycles. The van der Waals surface area contributed by atoms with Crippen LogP contribution in [0.3, 0.4) is 0 Å². The highest BCUT2D eigenvalue weighted by Crippen LogP contribution is 2.25. The second-order valence-electron chi connectivity index (χ2n) is 6.29. The first-order valence-electron chi connectivity index (χ1n) is 8.21. The van der Waals surface area contributed by atoms with Crippen LogP contribution in [-0.4, -0.2) is 26.9 Å². The predicted octanol–water partition coefficient (Wildman–Crippen LogP) is 4.67. The van der Waals surface area contributed by atoms with Gasteiger partial charge >= 0.3 is 5.97 Å². The molecule has 2 N–H and O–H groups in total. The minimum Gasteiger partial charge on any atom is -0.478 e. The van der Waals surface area contributed by atoms with Crippen molar-refractivity contribution < 1.29 is 19.0 Å². The van der Waals surface area contributed by atoms with Crippen LogP contribution in [0.4, 0.5) is 15.9 Å². The zero-order chi connectivity index (χ0) is 19.4. The lowest BCUT2D eigenvalue weighted by molar-refractivity contribution is -0.0257. The van der Waals surface area contributed by atoms with Crippen LogP contribution in [0.15, 0.2) is 60.9 Å². The molecule has 7 heteroatoms. The van der Waals surface area contributed by atoms with E-state index in [1.165, 1.54) is 26.2 Å². The molecule has 138 valence electrons. The number of ether oxygens (including phenoxy) is 1. The largest absolute Gasteiger partial charge is 0.478 e. The number of carboxylic acids is 1. The van der Waals surface area contributed by atoms with Gasteiger partial charge in [-0.15, -0.1) is 0 Å². The van der Waals surface area contributed by atoms with Crippen molar-refractivity contribution in [2.75, 3.05) is 5.32 Å². The maximum atomic E-state index is 13.5. The molecular weight excluding hydrogens is 349 g/mol. The third-order valence-corrected chi connectivity index (χ3v) is 3.56. The molecule has 0 aliphatic rings. The fraction of sp³-hybridized carbons (Fsp3) is 0.150. The molecular formula is C20H18FN3O3. The van der Waals surface area contributed by atoms with E-state index in [1.807, 2.05) is 0 Å². The Bertz CT molecular complexity index is 953. The summed E-state index contributed by atoms with van der Waals surface area (Å²) in [4.78, 5) is 19.5. The Kier molecular flexibility index (Phi) is 5.03. The van der Waals surface area contributed by atoms with Crippen molar-refractivity contribution in [2.24, 2.45) is 0 Å². The summed E-state index contributed by atoms with van der Waals surface area (Å²) in [5, 5.41) is 12.2. The number of rotatable bonds is 6. The molecule has 1 heterocycles. The number of aromatic carboxylic acids is 1. The lowest BCUT2D eigenvalue weighted by Crippen LogP contribution is -2.20. The molecule has 0 saturated heterocycles. The van der Waals surface area contributed by atoms with Crippen molar-refractivity contribution >= 4 is 17.5 Å². The molecule has 3 aromatic rings. The van der Waals surface area contributed by atoms with E-state index in [2.05, 4.69) is 15.3 Å². The molecule has 0 radical (unpaired) electrons. The van der Waals surface area contributed by atoms with Gasteiger partial charge in [0.15, 0.2) is 0 Å². The van der Waals surface area contributed by atoms with Gasteiger partial charge in [0.05, 0.1) is 11.3 Å². The van der Waals surface area contributed by atoms with Gasteiger partial charge in [-0.2, -0.15) is 4.39 Å². The molecule has 0 amide bonds. The third-order valence-electron chi connectivity index (χ3n) is 3.56. The highest BCUT2D eigenvalue weighted by Gasteiger charge is 2.16. The lowest BCUT2D eigenvalue weighted by atomic mass is 10.1. The summed E-state index contributed by atoms with van der Waals surface area (Å²) < 4.78 is 18.7. The molecule has 6 nitrogen and oxygen atoms in total. The van der Waals surface area contributed by atoms with Crippen molar-refractivity contribution in [3.05, 3.63) is 66.5 Å². The van der Waals surface area contributed by atoms with E-state index in [0.717, 1.165) is 5.69 Å². The van der Waals surface area contributed by atoms with Gasteiger partial charge in [0.1, 0.15) is 17.9 Å². The van der Waals surface area contributed by atoms with Gasteiger partial charge in [0.25, 0.3) is 0 Å². The molecule has 0 spiro atoms. The van der Waals surface area contributed by atoms with Crippen LogP contribution >= 0.6 is 0 Å². The average molecular weight is 367 g/mol. The smallest absolute Gasteiger partial charge is 0.335 e. The van der Waals surface area contributed by atoms with Crippen molar-refractivity contribution in [3.8, 4) is 17.0 Å². The Labute approximate surface area is 155 Å². The number of hydrogen-bond donors (Lipinski definition) is 2. The average Bonchev–Trinajstić information content (AvgIpc) is 2.62. The number of carbonyl (C=O) groups is 1. The topological polar surface area (TPSA) is 84.3 Å². The summed E-state index contributed by atoms with van der Waals surface area (Å²) in [6.07, 6.45) is 1.40. The van der Waals surface area contributed by atoms with E-state index < -0.39 is 11.8 Å². The number of aromatic nitrogens is 2. The molecule has 2 aromatic carbocycles. The van der Waals surface area contributed by atoms with Gasteiger partial charge in [-0.05, 0) is 36.4 Å². The SMILES string of the molecule is CC(C)(F)Oc1ccc(Nc2cc(-c3cccc(C(=O)O)c3)ncn2)cc1. The highest BCUT2D eigenvalue weighted by atomic mass is 19.2. The van der Waals surface area contributed by atoms with E-state index in [4.69, 9.17) is 9.84 Å². The number of nitrogens with one attached hydrogen (secondary N) is 1. The number of nitrogens with zero attached hydrogens (tertiary/aromatic N) is 2.